The minimum atomic E-state index is 0.335. The second-order valence-corrected chi connectivity index (χ2v) is 6.93. The Labute approximate surface area is 93.0 Å². The van der Waals surface area contributed by atoms with Crippen LogP contribution in [0.4, 0.5) is 0 Å². The molecule has 3 fully saturated rings. The van der Waals surface area contributed by atoms with Crippen molar-refractivity contribution in [2.75, 3.05) is 26.3 Å². The molecule has 0 N–H and O–H groups in total. The summed E-state index contributed by atoms with van der Waals surface area (Å²) in [5.74, 6) is 0. The molecular formula is C13H23NO. The lowest BCUT2D eigenvalue weighted by Crippen LogP contribution is -2.60. The van der Waals surface area contributed by atoms with Crippen LogP contribution < -0.4 is 0 Å². The fraction of sp³-hybridized carbons (Fsp3) is 1.00. The van der Waals surface area contributed by atoms with Crippen molar-refractivity contribution in [1.29, 1.82) is 0 Å². The maximum atomic E-state index is 5.79. The minimum absolute atomic E-state index is 0.335. The summed E-state index contributed by atoms with van der Waals surface area (Å²) in [5.41, 5.74) is 1.38. The summed E-state index contributed by atoms with van der Waals surface area (Å²) in [6, 6.07) is 0. The van der Waals surface area contributed by atoms with Crippen molar-refractivity contribution in [2.45, 2.75) is 45.6 Å². The van der Waals surface area contributed by atoms with Crippen LogP contribution in [0.3, 0.4) is 0 Å². The van der Waals surface area contributed by atoms with Crippen LogP contribution in [-0.2, 0) is 4.74 Å². The molecule has 1 spiro atoms. The van der Waals surface area contributed by atoms with Gasteiger partial charge in [-0.05, 0) is 30.1 Å². The molecule has 0 amide bonds. The smallest absolute Gasteiger partial charge is 0.0656 e. The topological polar surface area (TPSA) is 12.5 Å². The minimum Gasteiger partial charge on any atom is -0.378 e. The Hall–Kier alpha value is -0.0800. The Balaban J connectivity index is 1.95. The number of hydrogen-bond acceptors (Lipinski definition) is 2. The molecule has 0 radical (unpaired) electrons. The van der Waals surface area contributed by atoms with E-state index in [0.717, 1.165) is 19.8 Å². The third kappa shape index (κ3) is 1.31. The molecule has 0 aromatic rings. The van der Waals surface area contributed by atoms with Crippen LogP contribution in [0.15, 0.2) is 0 Å². The molecule has 1 aliphatic carbocycles. The Morgan fingerprint density at radius 2 is 1.93 bits per heavy atom. The van der Waals surface area contributed by atoms with Gasteiger partial charge in [0.1, 0.15) is 0 Å². The first-order chi connectivity index (χ1) is 6.98. The SMILES string of the molecule is CC(C)(C)C12COCCN1CC1(CC1)C2. The number of ether oxygens (including phenoxy) is 1. The van der Waals surface area contributed by atoms with Gasteiger partial charge in [-0.15, -0.1) is 0 Å². The van der Waals surface area contributed by atoms with Gasteiger partial charge in [0, 0.05) is 18.6 Å². The average Bonchev–Trinajstić information content (AvgIpc) is 2.78. The average molecular weight is 209 g/mol. The molecule has 2 aliphatic heterocycles. The largest absolute Gasteiger partial charge is 0.378 e. The summed E-state index contributed by atoms with van der Waals surface area (Å²) in [6.45, 7) is 11.5. The molecule has 3 rings (SSSR count). The monoisotopic (exact) mass is 209 g/mol. The van der Waals surface area contributed by atoms with E-state index in [4.69, 9.17) is 4.74 Å². The Morgan fingerprint density at radius 3 is 2.47 bits per heavy atom. The van der Waals surface area contributed by atoms with Gasteiger partial charge in [0.2, 0.25) is 0 Å². The summed E-state index contributed by atoms with van der Waals surface area (Å²) >= 11 is 0. The number of nitrogens with zero attached hydrogens (tertiary/aromatic N) is 1. The van der Waals surface area contributed by atoms with E-state index in [1.165, 1.54) is 25.8 Å². The lowest BCUT2D eigenvalue weighted by atomic mass is 9.70. The van der Waals surface area contributed by atoms with E-state index < -0.39 is 0 Å². The van der Waals surface area contributed by atoms with Crippen molar-refractivity contribution < 1.29 is 4.74 Å². The molecule has 1 unspecified atom stereocenters. The zero-order valence-electron chi connectivity index (χ0n) is 10.3. The predicted molar refractivity (Wildman–Crippen MR) is 60.9 cm³/mol. The van der Waals surface area contributed by atoms with Crippen molar-refractivity contribution in [3.63, 3.8) is 0 Å². The fourth-order valence-electron chi connectivity index (χ4n) is 3.66. The molecule has 2 nitrogen and oxygen atoms in total. The highest BCUT2D eigenvalue weighted by atomic mass is 16.5. The van der Waals surface area contributed by atoms with Gasteiger partial charge in [0.25, 0.3) is 0 Å². The van der Waals surface area contributed by atoms with Gasteiger partial charge in [0.05, 0.1) is 13.2 Å². The van der Waals surface area contributed by atoms with E-state index in [9.17, 15) is 0 Å². The third-order valence-electron chi connectivity index (χ3n) is 5.00. The highest BCUT2D eigenvalue weighted by Gasteiger charge is 2.63. The standard InChI is InChI=1S/C13H23NO/c1-11(2,3)13-8-12(4-5-12)9-14(13)6-7-15-10-13/h4-10H2,1-3H3. The van der Waals surface area contributed by atoms with E-state index in [0.29, 0.717) is 16.4 Å². The molecule has 0 aromatic heterocycles. The zero-order valence-corrected chi connectivity index (χ0v) is 10.3. The van der Waals surface area contributed by atoms with E-state index in [1.807, 2.05) is 0 Å². The lowest BCUT2D eigenvalue weighted by molar-refractivity contribution is -0.0978. The van der Waals surface area contributed by atoms with Gasteiger partial charge < -0.3 is 4.74 Å². The molecule has 0 bridgehead atoms. The first-order valence-corrected chi connectivity index (χ1v) is 6.30. The number of fused-ring (bicyclic) bond motifs is 1. The van der Waals surface area contributed by atoms with Crippen LogP contribution in [0, 0.1) is 10.8 Å². The maximum Gasteiger partial charge on any atom is 0.0656 e. The van der Waals surface area contributed by atoms with Crippen LogP contribution in [0.2, 0.25) is 0 Å². The quantitative estimate of drug-likeness (QED) is 0.607. The summed E-state index contributed by atoms with van der Waals surface area (Å²) in [5, 5.41) is 0. The van der Waals surface area contributed by atoms with E-state index >= 15 is 0 Å². The summed E-state index contributed by atoms with van der Waals surface area (Å²) in [6.07, 6.45) is 4.30. The molecule has 15 heavy (non-hydrogen) atoms. The Kier molecular flexibility index (Phi) is 1.87. The van der Waals surface area contributed by atoms with Crippen LogP contribution in [0.5, 0.6) is 0 Å². The van der Waals surface area contributed by atoms with Crippen LogP contribution in [0.25, 0.3) is 0 Å². The van der Waals surface area contributed by atoms with Gasteiger partial charge >= 0.3 is 0 Å². The van der Waals surface area contributed by atoms with Gasteiger partial charge in [-0.25, -0.2) is 0 Å². The predicted octanol–water partition coefficient (Wildman–Crippen LogP) is 2.29. The molecule has 1 atom stereocenters. The molecular weight excluding hydrogens is 186 g/mol. The molecule has 0 aromatic carbocycles. The second-order valence-electron chi connectivity index (χ2n) is 6.93. The summed E-state index contributed by atoms with van der Waals surface area (Å²) in [7, 11) is 0. The Morgan fingerprint density at radius 1 is 1.20 bits per heavy atom. The van der Waals surface area contributed by atoms with E-state index in [2.05, 4.69) is 25.7 Å². The molecule has 86 valence electrons. The number of hydrogen-bond donors (Lipinski definition) is 0. The van der Waals surface area contributed by atoms with Crippen molar-refractivity contribution in [3.8, 4) is 0 Å². The number of morpholine rings is 1. The van der Waals surface area contributed by atoms with Gasteiger partial charge in [-0.2, -0.15) is 0 Å². The van der Waals surface area contributed by atoms with Crippen molar-refractivity contribution in [3.05, 3.63) is 0 Å². The first kappa shape index (κ1) is 10.1. The fourth-order valence-corrected chi connectivity index (χ4v) is 3.66. The summed E-state index contributed by atoms with van der Waals surface area (Å²) < 4.78 is 5.79. The second kappa shape index (κ2) is 2.78. The number of rotatable bonds is 0. The molecule has 2 heterocycles. The summed E-state index contributed by atoms with van der Waals surface area (Å²) in [4.78, 5) is 2.74. The van der Waals surface area contributed by atoms with Crippen molar-refractivity contribution in [2.24, 2.45) is 10.8 Å². The van der Waals surface area contributed by atoms with Crippen LogP contribution >= 0.6 is 0 Å². The van der Waals surface area contributed by atoms with E-state index in [-0.39, 0.29) is 0 Å². The zero-order chi connectivity index (χ0) is 10.7. The highest BCUT2D eigenvalue weighted by Crippen LogP contribution is 2.62. The lowest BCUT2D eigenvalue weighted by Gasteiger charge is -2.50. The van der Waals surface area contributed by atoms with E-state index in [1.54, 1.807) is 0 Å². The first-order valence-electron chi connectivity index (χ1n) is 6.30. The highest BCUT2D eigenvalue weighted by molar-refractivity contribution is 5.16. The van der Waals surface area contributed by atoms with Crippen LogP contribution in [0.1, 0.15) is 40.0 Å². The Bertz CT molecular complexity index is 277. The maximum absolute atomic E-state index is 5.79. The molecule has 2 saturated heterocycles. The molecule has 3 aliphatic rings. The third-order valence-corrected chi connectivity index (χ3v) is 5.00. The van der Waals surface area contributed by atoms with Crippen LogP contribution in [-0.4, -0.2) is 36.7 Å². The van der Waals surface area contributed by atoms with Gasteiger partial charge in [-0.1, -0.05) is 20.8 Å². The molecule has 2 heteroatoms. The van der Waals surface area contributed by atoms with Crippen molar-refractivity contribution >= 4 is 0 Å². The van der Waals surface area contributed by atoms with Crippen molar-refractivity contribution in [1.82, 2.24) is 4.90 Å². The molecule has 1 saturated carbocycles. The van der Waals surface area contributed by atoms with Gasteiger partial charge in [-0.3, -0.25) is 4.90 Å². The normalized spacial score (nSPS) is 39.4. The van der Waals surface area contributed by atoms with Gasteiger partial charge in [0.15, 0.2) is 0 Å².